The summed E-state index contributed by atoms with van der Waals surface area (Å²) in [5.74, 6) is -0.402. The van der Waals surface area contributed by atoms with Gasteiger partial charge < -0.3 is 9.15 Å². The summed E-state index contributed by atoms with van der Waals surface area (Å²) in [6.45, 7) is 0. The zero-order valence-corrected chi connectivity index (χ0v) is 15.7. The van der Waals surface area contributed by atoms with Gasteiger partial charge in [0, 0.05) is 5.56 Å². The number of nitrogens with zero attached hydrogens (tertiary/aromatic N) is 1. The second-order valence-corrected chi connectivity index (χ2v) is 6.80. The molecule has 2 heterocycles. The Balaban J connectivity index is 1.47. The van der Waals surface area contributed by atoms with Crippen molar-refractivity contribution in [3.05, 3.63) is 112 Å². The quantitative estimate of drug-likeness (QED) is 0.370. The monoisotopic (exact) mass is 393 g/mol. The van der Waals surface area contributed by atoms with Gasteiger partial charge in [-0.15, -0.1) is 0 Å². The fourth-order valence-corrected chi connectivity index (χ4v) is 3.31. The second kappa shape index (κ2) is 7.29. The number of hydrogen-bond donors (Lipinski definition) is 0. The summed E-state index contributed by atoms with van der Waals surface area (Å²) in [6, 6.07) is 24.5. The summed E-state index contributed by atoms with van der Waals surface area (Å²) >= 11 is 0. The van der Waals surface area contributed by atoms with Crippen molar-refractivity contribution in [2.45, 2.75) is 0 Å². The highest BCUT2D eigenvalue weighted by Crippen LogP contribution is 2.23. The van der Waals surface area contributed by atoms with E-state index in [0.717, 1.165) is 11.1 Å². The Morgan fingerprint density at radius 1 is 0.733 bits per heavy atom. The topological polar surface area (TPSA) is 68.9 Å². The van der Waals surface area contributed by atoms with E-state index in [1.54, 1.807) is 24.3 Å². The fraction of sp³-hybridized carbons (Fsp3) is 0. The van der Waals surface area contributed by atoms with E-state index >= 15 is 0 Å². The second-order valence-electron chi connectivity index (χ2n) is 6.80. The van der Waals surface area contributed by atoms with Crippen molar-refractivity contribution < 1.29 is 13.9 Å². The first kappa shape index (κ1) is 17.8. The van der Waals surface area contributed by atoms with Crippen molar-refractivity contribution in [2.24, 2.45) is 4.99 Å². The highest BCUT2D eigenvalue weighted by molar-refractivity contribution is 6.13. The van der Waals surface area contributed by atoms with Crippen LogP contribution in [0.15, 0.2) is 105 Å². The number of benzene rings is 3. The van der Waals surface area contributed by atoms with E-state index in [-0.39, 0.29) is 22.6 Å². The molecule has 0 fully saturated rings. The maximum atomic E-state index is 12.6. The van der Waals surface area contributed by atoms with Gasteiger partial charge in [-0.25, -0.2) is 9.79 Å². The first-order valence-electron chi connectivity index (χ1n) is 9.38. The number of rotatable bonds is 3. The zero-order valence-electron chi connectivity index (χ0n) is 15.7. The van der Waals surface area contributed by atoms with Gasteiger partial charge in [-0.1, -0.05) is 54.6 Å². The van der Waals surface area contributed by atoms with E-state index in [4.69, 9.17) is 9.15 Å². The van der Waals surface area contributed by atoms with Gasteiger partial charge >= 0.3 is 5.97 Å². The van der Waals surface area contributed by atoms with E-state index in [0.29, 0.717) is 16.5 Å². The molecule has 0 saturated heterocycles. The van der Waals surface area contributed by atoms with Crippen LogP contribution in [-0.4, -0.2) is 11.9 Å². The number of carbonyl (C=O) groups excluding carboxylic acids is 1. The third-order valence-electron chi connectivity index (χ3n) is 4.86. The lowest BCUT2D eigenvalue weighted by molar-refractivity contribution is -0.129. The van der Waals surface area contributed by atoms with Crippen LogP contribution in [0.25, 0.3) is 28.2 Å². The lowest BCUT2D eigenvalue weighted by Crippen LogP contribution is -2.07. The molecule has 1 aromatic heterocycles. The van der Waals surface area contributed by atoms with Crippen LogP contribution < -0.4 is 5.43 Å². The van der Waals surface area contributed by atoms with Crippen molar-refractivity contribution in [2.75, 3.05) is 0 Å². The number of fused-ring (bicyclic) bond motifs is 1. The van der Waals surface area contributed by atoms with Crippen LogP contribution in [-0.2, 0) is 9.53 Å². The van der Waals surface area contributed by atoms with Gasteiger partial charge in [0.25, 0.3) is 0 Å². The van der Waals surface area contributed by atoms with Crippen LogP contribution in [0.3, 0.4) is 0 Å². The number of esters is 1. The SMILES string of the molecule is O=C1OC(c2ccc(-c3ccccc3)cc2)=NC1=Cc1coc2ccccc2c1=O. The molecule has 4 aromatic rings. The van der Waals surface area contributed by atoms with Gasteiger partial charge in [0.2, 0.25) is 5.90 Å². The largest absolute Gasteiger partial charge is 0.463 e. The minimum atomic E-state index is -0.607. The average molecular weight is 393 g/mol. The molecule has 0 amide bonds. The molecule has 3 aromatic carbocycles. The molecule has 5 rings (SSSR count). The molecule has 5 nitrogen and oxygen atoms in total. The molecular formula is C25H15NO4. The van der Waals surface area contributed by atoms with Crippen molar-refractivity contribution in [3.8, 4) is 11.1 Å². The number of carbonyl (C=O) groups is 1. The molecule has 144 valence electrons. The van der Waals surface area contributed by atoms with Gasteiger partial charge in [-0.3, -0.25) is 4.79 Å². The third kappa shape index (κ3) is 3.22. The summed E-state index contributed by atoms with van der Waals surface area (Å²) in [5.41, 5.74) is 3.38. The van der Waals surface area contributed by atoms with E-state index < -0.39 is 5.97 Å². The Morgan fingerprint density at radius 2 is 1.40 bits per heavy atom. The maximum Gasteiger partial charge on any atom is 0.363 e. The molecule has 0 atom stereocenters. The Bertz CT molecular complexity index is 1380. The van der Waals surface area contributed by atoms with Crippen LogP contribution in [0, 0.1) is 0 Å². The number of ether oxygens (including phenoxy) is 1. The molecule has 1 aliphatic heterocycles. The molecule has 0 saturated carbocycles. The molecular weight excluding hydrogens is 378 g/mol. The average Bonchev–Trinajstić information content (AvgIpc) is 3.17. The fourth-order valence-electron chi connectivity index (χ4n) is 3.31. The van der Waals surface area contributed by atoms with Crippen LogP contribution in [0.1, 0.15) is 11.1 Å². The molecule has 30 heavy (non-hydrogen) atoms. The lowest BCUT2D eigenvalue weighted by atomic mass is 10.0. The third-order valence-corrected chi connectivity index (χ3v) is 4.86. The predicted molar refractivity (Wildman–Crippen MR) is 115 cm³/mol. The van der Waals surface area contributed by atoms with Crippen molar-refractivity contribution in [3.63, 3.8) is 0 Å². The summed E-state index contributed by atoms with van der Waals surface area (Å²) in [4.78, 5) is 29.2. The number of hydrogen-bond acceptors (Lipinski definition) is 5. The number of para-hydroxylation sites is 1. The van der Waals surface area contributed by atoms with Crippen molar-refractivity contribution >= 4 is 28.9 Å². The number of aliphatic imine (C=N–C) groups is 1. The van der Waals surface area contributed by atoms with Gasteiger partial charge in [-0.2, -0.15) is 0 Å². The molecule has 0 N–H and O–H groups in total. The predicted octanol–water partition coefficient (Wildman–Crippen LogP) is 4.80. The van der Waals surface area contributed by atoms with E-state index in [9.17, 15) is 9.59 Å². The lowest BCUT2D eigenvalue weighted by Gasteiger charge is -2.03. The minimum Gasteiger partial charge on any atom is -0.463 e. The Morgan fingerprint density at radius 3 is 2.20 bits per heavy atom. The molecule has 0 unspecified atom stereocenters. The smallest absolute Gasteiger partial charge is 0.363 e. The summed E-state index contributed by atoms with van der Waals surface area (Å²) in [5, 5.41) is 0.443. The first-order valence-corrected chi connectivity index (χ1v) is 9.38. The van der Waals surface area contributed by atoms with E-state index in [2.05, 4.69) is 4.99 Å². The minimum absolute atomic E-state index is 0.0553. The summed E-state index contributed by atoms with van der Waals surface area (Å²) in [7, 11) is 0. The zero-order chi connectivity index (χ0) is 20.5. The van der Waals surface area contributed by atoms with Gasteiger partial charge in [0.15, 0.2) is 11.1 Å². The van der Waals surface area contributed by atoms with E-state index in [1.165, 1.54) is 12.3 Å². The number of cyclic esters (lactones) is 1. The van der Waals surface area contributed by atoms with Crippen LogP contribution in [0.4, 0.5) is 0 Å². The first-order chi connectivity index (χ1) is 14.7. The van der Waals surface area contributed by atoms with Crippen molar-refractivity contribution in [1.82, 2.24) is 0 Å². The Labute approximate surface area is 171 Å². The highest BCUT2D eigenvalue weighted by Gasteiger charge is 2.24. The molecule has 0 spiro atoms. The van der Waals surface area contributed by atoms with Gasteiger partial charge in [-0.05, 0) is 41.5 Å². The Hall–Kier alpha value is -4.25. The molecule has 5 heteroatoms. The summed E-state index contributed by atoms with van der Waals surface area (Å²) in [6.07, 6.45) is 2.72. The van der Waals surface area contributed by atoms with Crippen molar-refractivity contribution in [1.29, 1.82) is 0 Å². The Kier molecular flexibility index (Phi) is 4.33. The van der Waals surface area contributed by atoms with Gasteiger partial charge in [0.1, 0.15) is 11.8 Å². The summed E-state index contributed by atoms with van der Waals surface area (Å²) < 4.78 is 10.8. The molecule has 0 bridgehead atoms. The van der Waals surface area contributed by atoms with Crippen LogP contribution >= 0.6 is 0 Å². The molecule has 1 aliphatic rings. The normalized spacial score (nSPS) is 14.7. The van der Waals surface area contributed by atoms with Crippen LogP contribution in [0.2, 0.25) is 0 Å². The molecule has 0 radical (unpaired) electrons. The van der Waals surface area contributed by atoms with E-state index in [1.807, 2.05) is 54.6 Å². The van der Waals surface area contributed by atoms with Gasteiger partial charge in [0.05, 0.1) is 10.9 Å². The standard InChI is InChI=1S/C25H15NO4/c27-23-19(15-29-22-9-5-4-8-20(22)23)14-21-25(28)30-24(26-21)18-12-10-17(11-13-18)16-6-2-1-3-7-16/h1-15H. The maximum absolute atomic E-state index is 12.6. The van der Waals surface area contributed by atoms with Crippen LogP contribution in [0.5, 0.6) is 0 Å². The highest BCUT2D eigenvalue weighted by atomic mass is 16.6. The molecule has 0 aliphatic carbocycles.